The molecule has 4 heteroatoms. The van der Waals surface area contributed by atoms with Crippen LogP contribution >= 0.6 is 0 Å². The normalized spacial score (nSPS) is 17.4. The molecule has 1 saturated carbocycles. The highest BCUT2D eigenvalue weighted by atomic mass is 15.3. The minimum absolute atomic E-state index is 0.839. The number of anilines is 3. The Morgan fingerprint density at radius 2 is 1.50 bits per heavy atom. The summed E-state index contributed by atoms with van der Waals surface area (Å²) in [5, 5.41) is 4.77. The Balaban J connectivity index is 1.17. The van der Waals surface area contributed by atoms with Crippen LogP contribution < -0.4 is 10.2 Å². The SMILES string of the molecule is c1ccc(-c2ccc3nccc(Nc4ccc(N5CCN(C6CCCC6)CC5)cc4)c3c2)cc1. The lowest BCUT2D eigenvalue weighted by Gasteiger charge is -2.39. The summed E-state index contributed by atoms with van der Waals surface area (Å²) in [5.74, 6) is 0. The number of aromatic nitrogens is 1. The summed E-state index contributed by atoms with van der Waals surface area (Å²) < 4.78 is 0. The Labute approximate surface area is 202 Å². The summed E-state index contributed by atoms with van der Waals surface area (Å²) in [4.78, 5) is 9.83. The van der Waals surface area contributed by atoms with Gasteiger partial charge in [-0.25, -0.2) is 0 Å². The van der Waals surface area contributed by atoms with Crippen LogP contribution in [-0.2, 0) is 0 Å². The largest absolute Gasteiger partial charge is 0.369 e. The molecule has 34 heavy (non-hydrogen) atoms. The third-order valence-corrected chi connectivity index (χ3v) is 7.52. The van der Waals surface area contributed by atoms with Crippen LogP contribution in [0.15, 0.2) is 85.1 Å². The van der Waals surface area contributed by atoms with E-state index in [0.717, 1.165) is 41.4 Å². The van der Waals surface area contributed by atoms with E-state index in [9.17, 15) is 0 Å². The summed E-state index contributed by atoms with van der Waals surface area (Å²) in [6.45, 7) is 4.63. The molecule has 4 nitrogen and oxygen atoms in total. The summed E-state index contributed by atoms with van der Waals surface area (Å²) >= 11 is 0. The van der Waals surface area contributed by atoms with E-state index in [-0.39, 0.29) is 0 Å². The standard InChI is InChI=1S/C30H32N4/c1-2-6-23(7-3-1)24-10-15-29-28(22-24)30(16-17-31-29)32-25-11-13-27(14-12-25)34-20-18-33(19-21-34)26-8-4-5-9-26/h1-3,6-7,10-17,22,26H,4-5,8-9,18-21H2,(H,31,32). The molecule has 2 aliphatic rings. The van der Waals surface area contributed by atoms with E-state index >= 15 is 0 Å². The van der Waals surface area contributed by atoms with Crippen molar-refractivity contribution < 1.29 is 0 Å². The lowest BCUT2D eigenvalue weighted by Crippen LogP contribution is -2.49. The van der Waals surface area contributed by atoms with E-state index in [1.807, 2.05) is 6.20 Å². The van der Waals surface area contributed by atoms with Crippen molar-refractivity contribution >= 4 is 28.0 Å². The maximum absolute atomic E-state index is 4.58. The quantitative estimate of drug-likeness (QED) is 0.368. The zero-order valence-corrected chi connectivity index (χ0v) is 19.7. The van der Waals surface area contributed by atoms with Gasteiger partial charge in [-0.05, 0) is 66.4 Å². The number of rotatable bonds is 5. The first-order chi connectivity index (χ1) is 16.8. The van der Waals surface area contributed by atoms with Gasteiger partial charge in [-0.2, -0.15) is 0 Å². The van der Waals surface area contributed by atoms with Gasteiger partial charge in [0.15, 0.2) is 0 Å². The highest BCUT2D eigenvalue weighted by molar-refractivity contribution is 5.95. The Morgan fingerprint density at radius 1 is 0.735 bits per heavy atom. The fraction of sp³-hybridized carbons (Fsp3) is 0.300. The van der Waals surface area contributed by atoms with Crippen molar-refractivity contribution in [3.8, 4) is 11.1 Å². The molecule has 6 rings (SSSR count). The van der Waals surface area contributed by atoms with E-state index in [2.05, 4.69) is 99.0 Å². The van der Waals surface area contributed by atoms with Gasteiger partial charge in [0.05, 0.1) is 5.52 Å². The van der Waals surface area contributed by atoms with Gasteiger partial charge in [-0.1, -0.05) is 49.2 Å². The number of nitrogens with one attached hydrogen (secondary N) is 1. The van der Waals surface area contributed by atoms with Crippen LogP contribution in [0.4, 0.5) is 17.1 Å². The lowest BCUT2D eigenvalue weighted by atomic mass is 10.0. The fourth-order valence-corrected chi connectivity index (χ4v) is 5.59. The van der Waals surface area contributed by atoms with E-state index in [1.54, 1.807) is 0 Å². The van der Waals surface area contributed by atoms with Gasteiger partial charge in [0, 0.05) is 60.9 Å². The molecule has 172 valence electrons. The smallest absolute Gasteiger partial charge is 0.0723 e. The minimum Gasteiger partial charge on any atom is -0.369 e. The number of pyridine rings is 1. The monoisotopic (exact) mass is 448 g/mol. The van der Waals surface area contributed by atoms with Gasteiger partial charge in [0.25, 0.3) is 0 Å². The molecule has 1 N–H and O–H groups in total. The molecule has 1 aliphatic carbocycles. The summed E-state index contributed by atoms with van der Waals surface area (Å²) in [7, 11) is 0. The van der Waals surface area contributed by atoms with Gasteiger partial charge < -0.3 is 10.2 Å². The van der Waals surface area contributed by atoms with Crippen molar-refractivity contribution in [3.63, 3.8) is 0 Å². The third-order valence-electron chi connectivity index (χ3n) is 7.52. The van der Waals surface area contributed by atoms with Crippen molar-refractivity contribution in [2.24, 2.45) is 0 Å². The van der Waals surface area contributed by atoms with Gasteiger partial charge >= 0.3 is 0 Å². The Kier molecular flexibility index (Phi) is 5.90. The van der Waals surface area contributed by atoms with Gasteiger partial charge in [0.1, 0.15) is 0 Å². The number of hydrogen-bond donors (Lipinski definition) is 1. The molecule has 1 aromatic heterocycles. The van der Waals surface area contributed by atoms with Crippen LogP contribution in [0.3, 0.4) is 0 Å². The van der Waals surface area contributed by atoms with Crippen LogP contribution in [0, 0.1) is 0 Å². The second-order valence-corrected chi connectivity index (χ2v) is 9.59. The first kappa shape index (κ1) is 21.2. The predicted octanol–water partition coefficient (Wildman–Crippen LogP) is 6.71. The van der Waals surface area contributed by atoms with E-state index in [0.29, 0.717) is 0 Å². The van der Waals surface area contributed by atoms with Crippen molar-refractivity contribution in [3.05, 3.63) is 85.1 Å². The van der Waals surface area contributed by atoms with Crippen LogP contribution in [-0.4, -0.2) is 42.1 Å². The Bertz CT molecular complexity index is 1240. The number of nitrogens with zero attached hydrogens (tertiary/aromatic N) is 3. The molecule has 1 aliphatic heterocycles. The summed E-state index contributed by atoms with van der Waals surface area (Å²) in [6, 6.07) is 28.8. The predicted molar refractivity (Wildman–Crippen MR) is 143 cm³/mol. The average Bonchev–Trinajstić information content (AvgIpc) is 3.45. The molecule has 0 unspecified atom stereocenters. The fourth-order valence-electron chi connectivity index (χ4n) is 5.59. The van der Waals surface area contributed by atoms with Crippen LogP contribution in [0.1, 0.15) is 25.7 Å². The number of fused-ring (bicyclic) bond motifs is 1. The Hall–Kier alpha value is -3.37. The molecule has 2 heterocycles. The molecule has 3 aromatic carbocycles. The van der Waals surface area contributed by atoms with Crippen molar-refractivity contribution in [2.75, 3.05) is 36.4 Å². The topological polar surface area (TPSA) is 31.4 Å². The highest BCUT2D eigenvalue weighted by Gasteiger charge is 2.26. The van der Waals surface area contributed by atoms with Crippen LogP contribution in [0.5, 0.6) is 0 Å². The average molecular weight is 449 g/mol. The van der Waals surface area contributed by atoms with Gasteiger partial charge in [0.2, 0.25) is 0 Å². The molecule has 0 atom stereocenters. The molecule has 2 fully saturated rings. The first-order valence-corrected chi connectivity index (χ1v) is 12.6. The zero-order valence-electron chi connectivity index (χ0n) is 19.7. The van der Waals surface area contributed by atoms with Gasteiger partial charge in [-0.15, -0.1) is 0 Å². The second kappa shape index (κ2) is 9.47. The molecule has 0 spiro atoms. The van der Waals surface area contributed by atoms with E-state index < -0.39 is 0 Å². The van der Waals surface area contributed by atoms with Crippen molar-refractivity contribution in [1.29, 1.82) is 0 Å². The summed E-state index contributed by atoms with van der Waals surface area (Å²) in [6.07, 6.45) is 7.51. The van der Waals surface area contributed by atoms with E-state index in [4.69, 9.17) is 0 Å². The highest BCUT2D eigenvalue weighted by Crippen LogP contribution is 2.31. The molecular formula is C30H32N4. The van der Waals surface area contributed by atoms with Crippen LogP contribution in [0.2, 0.25) is 0 Å². The van der Waals surface area contributed by atoms with Gasteiger partial charge in [-0.3, -0.25) is 9.88 Å². The molecule has 4 aromatic rings. The van der Waals surface area contributed by atoms with Crippen molar-refractivity contribution in [2.45, 2.75) is 31.7 Å². The van der Waals surface area contributed by atoms with E-state index in [1.165, 1.54) is 55.6 Å². The Morgan fingerprint density at radius 3 is 2.26 bits per heavy atom. The maximum atomic E-state index is 4.58. The minimum atomic E-state index is 0.839. The number of benzene rings is 3. The summed E-state index contributed by atoms with van der Waals surface area (Å²) in [5.41, 5.74) is 6.93. The van der Waals surface area contributed by atoms with Crippen LogP contribution in [0.25, 0.3) is 22.0 Å². The lowest BCUT2D eigenvalue weighted by molar-refractivity contribution is 0.187. The number of piperazine rings is 1. The molecular weight excluding hydrogens is 416 g/mol. The molecule has 0 amide bonds. The maximum Gasteiger partial charge on any atom is 0.0723 e. The third kappa shape index (κ3) is 4.38. The second-order valence-electron chi connectivity index (χ2n) is 9.59. The molecule has 0 radical (unpaired) electrons. The molecule has 1 saturated heterocycles. The zero-order chi connectivity index (χ0) is 22.7. The molecule has 0 bridgehead atoms. The number of hydrogen-bond acceptors (Lipinski definition) is 4. The van der Waals surface area contributed by atoms with Crippen molar-refractivity contribution in [1.82, 2.24) is 9.88 Å². The first-order valence-electron chi connectivity index (χ1n) is 12.6.